The van der Waals surface area contributed by atoms with E-state index >= 15 is 0 Å². The van der Waals surface area contributed by atoms with E-state index in [0.717, 1.165) is 31.3 Å². The van der Waals surface area contributed by atoms with E-state index in [9.17, 15) is 14.7 Å². The number of piperidine rings is 1. The zero-order valence-corrected chi connectivity index (χ0v) is 15.5. The molecule has 0 spiro atoms. The van der Waals surface area contributed by atoms with Gasteiger partial charge in [0.1, 0.15) is 6.10 Å². The molecule has 0 radical (unpaired) electrons. The van der Waals surface area contributed by atoms with Crippen molar-refractivity contribution in [3.63, 3.8) is 0 Å². The summed E-state index contributed by atoms with van der Waals surface area (Å²) in [4.78, 5) is 27.1. The molecule has 0 amide bonds. The fourth-order valence-corrected chi connectivity index (χ4v) is 4.26. The zero-order valence-electron chi connectivity index (χ0n) is 15.5. The molecule has 5 nitrogen and oxygen atoms in total. The highest BCUT2D eigenvalue weighted by Gasteiger charge is 2.44. The molecule has 0 saturated carbocycles. The van der Waals surface area contributed by atoms with Crippen molar-refractivity contribution in [1.82, 2.24) is 4.90 Å². The maximum absolute atomic E-state index is 12.6. The molecule has 1 N–H and O–H groups in total. The Balaban J connectivity index is 1.68. The minimum atomic E-state index is -1.67. The number of Topliss-reactive ketones (excluding diaryl/α,β-unsaturated/α-hetero) is 1. The summed E-state index contributed by atoms with van der Waals surface area (Å²) >= 11 is 0. The third-order valence-corrected chi connectivity index (χ3v) is 5.92. The minimum absolute atomic E-state index is 0.00677. The summed E-state index contributed by atoms with van der Waals surface area (Å²) in [5.41, 5.74) is -0.0521. The molecule has 0 aromatic heterocycles. The molecule has 2 aliphatic heterocycles. The van der Waals surface area contributed by atoms with Crippen LogP contribution in [0, 0.1) is 0 Å². The largest absolute Gasteiger partial charge is 0.460 e. The molecule has 4 atom stereocenters. The van der Waals surface area contributed by atoms with Gasteiger partial charge in [-0.05, 0) is 71.1 Å². The Morgan fingerprint density at radius 1 is 1.36 bits per heavy atom. The van der Waals surface area contributed by atoms with Crippen LogP contribution in [0.15, 0.2) is 23.3 Å². The van der Waals surface area contributed by atoms with Crippen LogP contribution in [0.1, 0.15) is 58.8 Å². The first-order valence-corrected chi connectivity index (χ1v) is 9.32. The summed E-state index contributed by atoms with van der Waals surface area (Å²) in [5, 5.41) is 10.8. The summed E-state index contributed by atoms with van der Waals surface area (Å²) in [6, 6.07) is 0.950. The van der Waals surface area contributed by atoms with E-state index in [2.05, 4.69) is 11.9 Å². The first-order valence-electron chi connectivity index (χ1n) is 9.32. The number of aliphatic hydroxyl groups is 1. The smallest absolute Gasteiger partial charge is 0.342 e. The minimum Gasteiger partial charge on any atom is -0.460 e. The number of carbonyl (C=O) groups excluding carboxylic acids is 2. The first-order chi connectivity index (χ1) is 11.8. The van der Waals surface area contributed by atoms with Gasteiger partial charge in [0.25, 0.3) is 0 Å². The molecule has 2 heterocycles. The highest BCUT2D eigenvalue weighted by molar-refractivity contribution is 5.99. The predicted octanol–water partition coefficient (Wildman–Crippen LogP) is 2.53. The molecule has 5 heteroatoms. The lowest BCUT2D eigenvalue weighted by molar-refractivity contribution is -0.170. The maximum atomic E-state index is 12.6. The van der Waals surface area contributed by atoms with E-state index < -0.39 is 11.6 Å². The van der Waals surface area contributed by atoms with Crippen molar-refractivity contribution in [1.29, 1.82) is 0 Å². The lowest BCUT2D eigenvalue weighted by Crippen LogP contribution is -2.47. The van der Waals surface area contributed by atoms with Gasteiger partial charge in [0.15, 0.2) is 11.4 Å². The fourth-order valence-electron chi connectivity index (χ4n) is 4.26. The number of carbonyl (C=O) groups is 2. The lowest BCUT2D eigenvalue weighted by atomic mass is 9.84. The van der Waals surface area contributed by atoms with Crippen molar-refractivity contribution in [3.8, 4) is 0 Å². The molecule has 1 aliphatic carbocycles. The van der Waals surface area contributed by atoms with E-state index in [1.54, 1.807) is 0 Å². The standard InChI is InChI=1S/C20H29NO4/c1-13(2)4-5-14-12-20(24,9-8-18(14)22)19(23)25-17-10-15-6-7-16(11-17)21(15)3/h4,12,15-17,24H,5-11H2,1-3H3/t15-,16+,17?,20-/m0/s1. The molecule has 3 aliphatic rings. The van der Waals surface area contributed by atoms with Crippen molar-refractivity contribution in [2.75, 3.05) is 7.05 Å². The maximum Gasteiger partial charge on any atom is 0.342 e. The van der Waals surface area contributed by atoms with Crippen LogP contribution in [-0.4, -0.2) is 52.6 Å². The van der Waals surface area contributed by atoms with Gasteiger partial charge in [-0.2, -0.15) is 0 Å². The van der Waals surface area contributed by atoms with Crippen LogP contribution in [0.2, 0.25) is 0 Å². The van der Waals surface area contributed by atoms with E-state index in [1.807, 2.05) is 19.9 Å². The SMILES string of the molecule is CC(C)=CCC1=C[C@](O)(C(=O)OC2C[C@H]3CC[C@@H](C2)N3C)CCC1=O. The van der Waals surface area contributed by atoms with E-state index in [0.29, 0.717) is 24.1 Å². The van der Waals surface area contributed by atoms with Crippen LogP contribution in [-0.2, 0) is 14.3 Å². The van der Waals surface area contributed by atoms with Gasteiger partial charge < -0.3 is 14.7 Å². The topological polar surface area (TPSA) is 66.8 Å². The molecule has 0 aromatic rings. The van der Waals surface area contributed by atoms with Gasteiger partial charge >= 0.3 is 5.97 Å². The predicted molar refractivity (Wildman–Crippen MR) is 95.0 cm³/mol. The van der Waals surface area contributed by atoms with Crippen LogP contribution in [0.4, 0.5) is 0 Å². The van der Waals surface area contributed by atoms with Gasteiger partial charge in [-0.1, -0.05) is 11.6 Å². The summed E-state index contributed by atoms with van der Waals surface area (Å²) < 4.78 is 5.69. The van der Waals surface area contributed by atoms with Crippen LogP contribution in [0.5, 0.6) is 0 Å². The Bertz CT molecular complexity index is 605. The van der Waals surface area contributed by atoms with Gasteiger partial charge in [0, 0.05) is 18.5 Å². The van der Waals surface area contributed by atoms with Crippen molar-refractivity contribution in [2.45, 2.75) is 82.6 Å². The third-order valence-electron chi connectivity index (χ3n) is 5.92. The highest BCUT2D eigenvalue weighted by atomic mass is 16.6. The van der Waals surface area contributed by atoms with Crippen LogP contribution in [0.25, 0.3) is 0 Å². The van der Waals surface area contributed by atoms with Crippen molar-refractivity contribution in [3.05, 3.63) is 23.3 Å². The van der Waals surface area contributed by atoms with Crippen LogP contribution in [0.3, 0.4) is 0 Å². The second-order valence-corrected chi connectivity index (χ2v) is 8.05. The van der Waals surface area contributed by atoms with Gasteiger partial charge in [-0.15, -0.1) is 0 Å². The number of esters is 1. The summed E-state index contributed by atoms with van der Waals surface area (Å²) in [6.07, 6.45) is 7.98. The Morgan fingerprint density at radius 2 is 2.00 bits per heavy atom. The molecular formula is C20H29NO4. The van der Waals surface area contributed by atoms with Crippen molar-refractivity contribution >= 4 is 11.8 Å². The summed E-state index contributed by atoms with van der Waals surface area (Å²) in [7, 11) is 2.14. The van der Waals surface area contributed by atoms with Gasteiger partial charge in [-0.3, -0.25) is 4.79 Å². The van der Waals surface area contributed by atoms with E-state index in [4.69, 9.17) is 4.74 Å². The molecular weight excluding hydrogens is 318 g/mol. The second kappa shape index (κ2) is 7.04. The Kier molecular flexibility index (Phi) is 5.16. The van der Waals surface area contributed by atoms with Crippen LogP contribution < -0.4 is 0 Å². The molecule has 2 bridgehead atoms. The normalized spacial score (nSPS) is 35.3. The number of rotatable bonds is 4. The summed E-state index contributed by atoms with van der Waals surface area (Å²) in [6.45, 7) is 3.92. The number of hydrogen-bond donors (Lipinski definition) is 1. The fraction of sp³-hybridized carbons (Fsp3) is 0.700. The van der Waals surface area contributed by atoms with Gasteiger partial charge in [0.05, 0.1) is 0 Å². The number of fused-ring (bicyclic) bond motifs is 2. The van der Waals surface area contributed by atoms with Gasteiger partial charge in [0.2, 0.25) is 0 Å². The third kappa shape index (κ3) is 3.87. The number of ketones is 1. The van der Waals surface area contributed by atoms with Gasteiger partial charge in [-0.25, -0.2) is 4.79 Å². The first kappa shape index (κ1) is 18.3. The monoisotopic (exact) mass is 347 g/mol. The summed E-state index contributed by atoms with van der Waals surface area (Å²) in [5.74, 6) is -0.587. The lowest BCUT2D eigenvalue weighted by Gasteiger charge is -2.37. The molecule has 2 fully saturated rings. The Morgan fingerprint density at radius 3 is 2.60 bits per heavy atom. The second-order valence-electron chi connectivity index (χ2n) is 8.05. The Labute approximate surface area is 149 Å². The molecule has 0 aromatic carbocycles. The average molecular weight is 347 g/mol. The zero-order chi connectivity index (χ0) is 18.2. The number of nitrogens with zero attached hydrogens (tertiary/aromatic N) is 1. The Hall–Kier alpha value is -1.46. The molecule has 2 saturated heterocycles. The highest BCUT2D eigenvalue weighted by Crippen LogP contribution is 2.36. The van der Waals surface area contributed by atoms with E-state index in [1.165, 1.54) is 6.08 Å². The molecule has 1 unspecified atom stereocenters. The number of ether oxygens (including phenoxy) is 1. The van der Waals surface area contributed by atoms with Crippen molar-refractivity contribution < 1.29 is 19.4 Å². The number of allylic oxidation sites excluding steroid dienone is 3. The number of hydrogen-bond acceptors (Lipinski definition) is 5. The molecule has 138 valence electrons. The van der Waals surface area contributed by atoms with Crippen LogP contribution >= 0.6 is 0 Å². The molecule has 3 rings (SSSR count). The molecule has 25 heavy (non-hydrogen) atoms. The van der Waals surface area contributed by atoms with E-state index in [-0.39, 0.29) is 24.7 Å². The van der Waals surface area contributed by atoms with Crippen molar-refractivity contribution in [2.24, 2.45) is 0 Å². The average Bonchev–Trinajstić information content (AvgIpc) is 2.77. The quantitative estimate of drug-likeness (QED) is 0.625.